The first-order valence-corrected chi connectivity index (χ1v) is 9.75. The molecule has 5 nitrogen and oxygen atoms in total. The number of hydrogen-bond acceptors (Lipinski definition) is 6. The van der Waals surface area contributed by atoms with E-state index in [1.54, 1.807) is 7.05 Å². The summed E-state index contributed by atoms with van der Waals surface area (Å²) in [6.07, 6.45) is 0. The lowest BCUT2D eigenvalue weighted by Crippen LogP contribution is -2.28. The van der Waals surface area contributed by atoms with Crippen LogP contribution in [0.25, 0.3) is 0 Å². The van der Waals surface area contributed by atoms with Crippen molar-refractivity contribution in [3.8, 4) is 0 Å². The van der Waals surface area contributed by atoms with E-state index in [4.69, 9.17) is 0 Å². The molecule has 1 atom stereocenters. The highest BCUT2D eigenvalue weighted by molar-refractivity contribution is 7.89. The number of sulfonamides is 1. The van der Waals surface area contributed by atoms with Gasteiger partial charge in [-0.25, -0.2) is 18.1 Å². The van der Waals surface area contributed by atoms with E-state index >= 15 is 0 Å². The minimum absolute atomic E-state index is 0.338. The van der Waals surface area contributed by atoms with Gasteiger partial charge in [-0.15, -0.1) is 22.7 Å². The molecule has 2 aromatic rings. The van der Waals surface area contributed by atoms with Crippen molar-refractivity contribution in [1.82, 2.24) is 15.0 Å². The van der Waals surface area contributed by atoms with Gasteiger partial charge in [-0.3, -0.25) is 0 Å². The topological polar surface area (TPSA) is 71.1 Å². The fraction of sp³-hybridized carbons (Fsp3) is 0.462. The van der Waals surface area contributed by atoms with Crippen molar-refractivity contribution in [1.29, 1.82) is 0 Å². The van der Waals surface area contributed by atoms with E-state index in [1.165, 1.54) is 22.7 Å². The molecule has 0 aliphatic heterocycles. The Morgan fingerprint density at radius 1 is 1.29 bits per heavy atom. The Morgan fingerprint density at radius 2 is 2.00 bits per heavy atom. The van der Waals surface area contributed by atoms with Crippen LogP contribution < -0.4 is 10.0 Å². The van der Waals surface area contributed by atoms with E-state index in [0.29, 0.717) is 11.4 Å². The molecule has 0 spiro atoms. The highest BCUT2D eigenvalue weighted by Crippen LogP contribution is 2.28. The molecule has 0 saturated carbocycles. The summed E-state index contributed by atoms with van der Waals surface area (Å²) in [5.41, 5.74) is 1.68. The average Bonchev–Trinajstić information content (AvgIpc) is 2.96. The highest BCUT2D eigenvalue weighted by atomic mass is 32.2. The zero-order chi connectivity index (χ0) is 15.6. The number of rotatable bonds is 6. The van der Waals surface area contributed by atoms with Gasteiger partial charge in [0, 0.05) is 22.5 Å². The molecular weight excluding hydrogens is 326 g/mol. The number of aromatic nitrogens is 1. The number of thiazole rings is 1. The minimum Gasteiger partial charge on any atom is -0.315 e. The second kappa shape index (κ2) is 6.53. The third-order valence-corrected chi connectivity index (χ3v) is 7.08. The summed E-state index contributed by atoms with van der Waals surface area (Å²) >= 11 is 2.93. The zero-order valence-electron chi connectivity index (χ0n) is 12.4. The maximum atomic E-state index is 12.6. The number of hydrogen-bond donors (Lipinski definition) is 2. The fourth-order valence-corrected chi connectivity index (χ4v) is 5.95. The lowest BCUT2D eigenvalue weighted by atomic mass is 10.3. The predicted octanol–water partition coefficient (Wildman–Crippen LogP) is 2.58. The number of thiophene rings is 1. The molecular formula is C13H19N3O2S3. The fourth-order valence-electron chi connectivity index (χ4n) is 2.04. The van der Waals surface area contributed by atoms with Crippen LogP contribution in [0.1, 0.15) is 34.1 Å². The lowest BCUT2D eigenvalue weighted by Gasteiger charge is -2.13. The standard InChI is InChI=1S/C13H19N3O2S3/c1-8-6-19-11(5-14-4)12(8)21(17,18)16-10(3)13-15-9(2)7-20-13/h6-7,10,14,16H,5H2,1-4H3. The van der Waals surface area contributed by atoms with Gasteiger partial charge in [-0.1, -0.05) is 0 Å². The van der Waals surface area contributed by atoms with E-state index in [-0.39, 0.29) is 6.04 Å². The summed E-state index contributed by atoms with van der Waals surface area (Å²) in [5.74, 6) is 0. The van der Waals surface area contributed by atoms with Crippen LogP contribution >= 0.6 is 22.7 Å². The molecule has 0 aromatic carbocycles. The van der Waals surface area contributed by atoms with Crippen LogP contribution in [-0.4, -0.2) is 20.4 Å². The Kier molecular flexibility index (Phi) is 5.15. The van der Waals surface area contributed by atoms with Gasteiger partial charge in [0.1, 0.15) is 9.90 Å². The van der Waals surface area contributed by atoms with Crippen LogP contribution in [0.2, 0.25) is 0 Å². The zero-order valence-corrected chi connectivity index (χ0v) is 14.9. The third-order valence-electron chi connectivity index (χ3n) is 2.93. The van der Waals surface area contributed by atoms with Gasteiger partial charge in [-0.2, -0.15) is 0 Å². The van der Waals surface area contributed by atoms with Crippen LogP contribution in [0, 0.1) is 13.8 Å². The number of nitrogens with zero attached hydrogens (tertiary/aromatic N) is 1. The first-order chi connectivity index (χ1) is 9.85. The van der Waals surface area contributed by atoms with E-state index in [2.05, 4.69) is 15.0 Å². The third kappa shape index (κ3) is 3.70. The molecule has 21 heavy (non-hydrogen) atoms. The molecule has 0 bridgehead atoms. The van der Waals surface area contributed by atoms with Crippen LogP contribution in [0.3, 0.4) is 0 Å². The molecule has 2 heterocycles. The van der Waals surface area contributed by atoms with Gasteiger partial charge in [0.2, 0.25) is 10.0 Å². The smallest absolute Gasteiger partial charge is 0.242 e. The van der Waals surface area contributed by atoms with Crippen molar-refractivity contribution in [2.24, 2.45) is 0 Å². The van der Waals surface area contributed by atoms with Gasteiger partial charge in [0.25, 0.3) is 0 Å². The lowest BCUT2D eigenvalue weighted by molar-refractivity contribution is 0.564. The molecule has 116 valence electrons. The number of aryl methyl sites for hydroxylation is 2. The molecule has 2 rings (SSSR count). The van der Waals surface area contributed by atoms with Crippen molar-refractivity contribution in [3.63, 3.8) is 0 Å². The van der Waals surface area contributed by atoms with E-state index in [0.717, 1.165) is 21.1 Å². The minimum atomic E-state index is -3.55. The van der Waals surface area contributed by atoms with Gasteiger partial charge in [0.15, 0.2) is 0 Å². The van der Waals surface area contributed by atoms with E-state index in [1.807, 2.05) is 31.5 Å². The normalized spacial score (nSPS) is 13.5. The molecule has 0 aliphatic rings. The van der Waals surface area contributed by atoms with Crippen LogP contribution in [0.5, 0.6) is 0 Å². The Labute approximate surface area is 133 Å². The van der Waals surface area contributed by atoms with E-state index < -0.39 is 10.0 Å². The molecule has 1 unspecified atom stereocenters. The maximum absolute atomic E-state index is 12.6. The molecule has 0 aliphatic carbocycles. The predicted molar refractivity (Wildman–Crippen MR) is 87.4 cm³/mol. The molecule has 0 saturated heterocycles. The van der Waals surface area contributed by atoms with Crippen molar-refractivity contribution < 1.29 is 8.42 Å². The molecule has 0 amide bonds. The van der Waals surface area contributed by atoms with E-state index in [9.17, 15) is 8.42 Å². The first kappa shape index (κ1) is 16.6. The summed E-state index contributed by atoms with van der Waals surface area (Å²) in [5, 5.41) is 7.58. The Hall–Kier alpha value is -0.800. The second-order valence-corrected chi connectivity index (χ2v) is 8.38. The molecule has 2 aromatic heterocycles. The monoisotopic (exact) mass is 345 g/mol. The summed E-state index contributed by atoms with van der Waals surface area (Å²) in [6.45, 7) is 6.08. The van der Waals surface area contributed by atoms with Crippen LogP contribution in [0.4, 0.5) is 0 Å². The first-order valence-electron chi connectivity index (χ1n) is 6.51. The van der Waals surface area contributed by atoms with Crippen molar-refractivity contribution in [2.75, 3.05) is 7.05 Å². The summed E-state index contributed by atoms with van der Waals surface area (Å²) in [6, 6.07) is -0.338. The SMILES string of the molecule is CNCc1scc(C)c1S(=O)(=O)NC(C)c1nc(C)cs1. The summed E-state index contributed by atoms with van der Waals surface area (Å²) < 4.78 is 28.0. The molecule has 2 N–H and O–H groups in total. The van der Waals surface area contributed by atoms with Gasteiger partial charge < -0.3 is 5.32 Å². The molecule has 0 fully saturated rings. The van der Waals surface area contributed by atoms with Crippen molar-refractivity contribution >= 4 is 32.7 Å². The van der Waals surface area contributed by atoms with Gasteiger partial charge in [-0.05, 0) is 38.8 Å². The van der Waals surface area contributed by atoms with Crippen molar-refractivity contribution in [2.45, 2.75) is 38.3 Å². The van der Waals surface area contributed by atoms with Gasteiger partial charge in [0.05, 0.1) is 6.04 Å². The van der Waals surface area contributed by atoms with Crippen LogP contribution in [-0.2, 0) is 16.6 Å². The van der Waals surface area contributed by atoms with Crippen LogP contribution in [0.15, 0.2) is 15.7 Å². The Bertz CT molecular complexity index is 719. The average molecular weight is 346 g/mol. The molecule has 8 heteroatoms. The number of nitrogens with one attached hydrogen (secondary N) is 2. The molecule has 0 radical (unpaired) electrons. The summed E-state index contributed by atoms with van der Waals surface area (Å²) in [7, 11) is -1.75. The maximum Gasteiger partial charge on any atom is 0.242 e. The van der Waals surface area contributed by atoms with Crippen molar-refractivity contribution in [3.05, 3.63) is 31.9 Å². The second-order valence-electron chi connectivity index (χ2n) is 4.87. The summed E-state index contributed by atoms with van der Waals surface area (Å²) in [4.78, 5) is 5.55. The quantitative estimate of drug-likeness (QED) is 0.844. The largest absolute Gasteiger partial charge is 0.315 e. The highest BCUT2D eigenvalue weighted by Gasteiger charge is 2.25. The van der Waals surface area contributed by atoms with Gasteiger partial charge >= 0.3 is 0 Å². The Morgan fingerprint density at radius 3 is 2.57 bits per heavy atom. The Balaban J connectivity index is 2.28.